The maximum Gasteiger partial charge on any atom is 0.243 e. The Morgan fingerprint density at radius 3 is 2.35 bits per heavy atom. The third-order valence-electron chi connectivity index (χ3n) is 6.13. The van der Waals surface area contributed by atoms with Crippen molar-refractivity contribution in [2.24, 2.45) is 0 Å². The molecule has 0 amide bonds. The summed E-state index contributed by atoms with van der Waals surface area (Å²) < 4.78 is 38.6. The van der Waals surface area contributed by atoms with Gasteiger partial charge in [-0.15, -0.1) is 0 Å². The lowest BCUT2D eigenvalue weighted by Crippen LogP contribution is -2.49. The van der Waals surface area contributed by atoms with Gasteiger partial charge in [0.05, 0.1) is 18.0 Å². The van der Waals surface area contributed by atoms with E-state index in [0.29, 0.717) is 43.6 Å². The first kappa shape index (κ1) is 22.0. The highest BCUT2D eigenvalue weighted by Gasteiger charge is 2.31. The molecule has 1 saturated heterocycles. The summed E-state index contributed by atoms with van der Waals surface area (Å²) >= 11 is 0. The van der Waals surface area contributed by atoms with Crippen LogP contribution in [0.15, 0.2) is 41.4 Å². The van der Waals surface area contributed by atoms with E-state index < -0.39 is 10.0 Å². The molecule has 0 bridgehead atoms. The van der Waals surface area contributed by atoms with Crippen LogP contribution in [0, 0.1) is 0 Å². The first-order valence-electron chi connectivity index (χ1n) is 10.9. The van der Waals surface area contributed by atoms with Crippen LogP contribution in [0.3, 0.4) is 0 Å². The molecule has 2 fully saturated rings. The molecule has 0 radical (unpaired) electrons. The molecular formula is C22H30N4O4S. The highest BCUT2D eigenvalue weighted by molar-refractivity contribution is 7.89. The van der Waals surface area contributed by atoms with E-state index in [1.165, 1.54) is 12.8 Å². The van der Waals surface area contributed by atoms with Gasteiger partial charge in [0.25, 0.3) is 0 Å². The third-order valence-corrected chi connectivity index (χ3v) is 8.04. The lowest BCUT2D eigenvalue weighted by Gasteiger charge is -2.36. The van der Waals surface area contributed by atoms with Crippen molar-refractivity contribution in [2.75, 3.05) is 33.3 Å². The Hall–Kier alpha value is -2.23. The standard InChI is InChI=1S/C22H30N4O4S/c1-17(22-23-12-11-21(24-22)30-19-5-3-4-6-19)25-13-15-26(16-14-25)31(27,28)20-9-7-18(29-2)8-10-20/h7-12,17,19H,3-6,13-16H2,1-2H3. The predicted molar refractivity (Wildman–Crippen MR) is 117 cm³/mol. The molecule has 168 valence electrons. The van der Waals surface area contributed by atoms with Gasteiger partial charge in [-0.2, -0.15) is 9.29 Å². The van der Waals surface area contributed by atoms with Crippen LogP contribution >= 0.6 is 0 Å². The van der Waals surface area contributed by atoms with E-state index in [2.05, 4.69) is 21.8 Å². The summed E-state index contributed by atoms with van der Waals surface area (Å²) in [6.07, 6.45) is 6.59. The van der Waals surface area contributed by atoms with Gasteiger partial charge >= 0.3 is 0 Å². The Bertz CT molecular complexity index is 969. The normalized spacial score (nSPS) is 19.9. The second-order valence-corrected chi connectivity index (χ2v) is 10.0. The molecule has 0 N–H and O–H groups in total. The summed E-state index contributed by atoms with van der Waals surface area (Å²) in [6, 6.07) is 8.32. The number of ether oxygens (including phenoxy) is 2. The number of nitrogens with zero attached hydrogens (tertiary/aromatic N) is 4. The third kappa shape index (κ3) is 4.99. The molecule has 2 heterocycles. The molecule has 8 nitrogen and oxygen atoms in total. The van der Waals surface area contributed by atoms with Crippen LogP contribution < -0.4 is 9.47 Å². The molecular weight excluding hydrogens is 416 g/mol. The number of sulfonamides is 1. The van der Waals surface area contributed by atoms with Crippen LogP contribution in [0.1, 0.15) is 44.5 Å². The van der Waals surface area contributed by atoms with Crippen molar-refractivity contribution in [3.8, 4) is 11.6 Å². The number of piperazine rings is 1. The van der Waals surface area contributed by atoms with E-state index >= 15 is 0 Å². The minimum absolute atomic E-state index is 0.0158. The van der Waals surface area contributed by atoms with Gasteiger partial charge in [0.15, 0.2) is 0 Å². The Balaban J connectivity index is 1.37. The quantitative estimate of drug-likeness (QED) is 0.646. The van der Waals surface area contributed by atoms with E-state index in [1.54, 1.807) is 41.9 Å². The highest BCUT2D eigenvalue weighted by atomic mass is 32.2. The lowest BCUT2D eigenvalue weighted by molar-refractivity contribution is 0.139. The van der Waals surface area contributed by atoms with Crippen LogP contribution in [0.25, 0.3) is 0 Å². The first-order chi connectivity index (χ1) is 15.0. The van der Waals surface area contributed by atoms with Gasteiger partial charge in [-0.25, -0.2) is 13.4 Å². The summed E-state index contributed by atoms with van der Waals surface area (Å²) in [7, 11) is -1.96. The zero-order chi connectivity index (χ0) is 21.8. The molecule has 1 unspecified atom stereocenters. The van der Waals surface area contributed by atoms with Crippen LogP contribution in [0.4, 0.5) is 0 Å². The Morgan fingerprint density at radius 2 is 1.71 bits per heavy atom. The second-order valence-electron chi connectivity index (χ2n) is 8.07. The van der Waals surface area contributed by atoms with Crippen LogP contribution in [0.2, 0.25) is 0 Å². The molecule has 31 heavy (non-hydrogen) atoms. The van der Waals surface area contributed by atoms with Crippen molar-refractivity contribution in [1.29, 1.82) is 0 Å². The number of hydrogen-bond acceptors (Lipinski definition) is 7. The van der Waals surface area contributed by atoms with E-state index in [1.807, 2.05) is 6.07 Å². The minimum Gasteiger partial charge on any atom is -0.497 e. The SMILES string of the molecule is COc1ccc(S(=O)(=O)N2CCN(C(C)c3nccc(OC4CCCC4)n3)CC2)cc1. The lowest BCUT2D eigenvalue weighted by atomic mass is 10.2. The molecule has 1 aliphatic heterocycles. The average Bonchev–Trinajstić information content (AvgIpc) is 3.32. The predicted octanol–water partition coefficient (Wildman–Crippen LogP) is 2.87. The number of methoxy groups -OCH3 is 1. The Morgan fingerprint density at radius 1 is 1.03 bits per heavy atom. The molecule has 1 aliphatic carbocycles. The largest absolute Gasteiger partial charge is 0.497 e. The maximum atomic E-state index is 13.0. The zero-order valence-corrected chi connectivity index (χ0v) is 18.9. The molecule has 1 aromatic heterocycles. The molecule has 1 atom stereocenters. The molecule has 0 spiro atoms. The van der Waals surface area contributed by atoms with E-state index in [-0.39, 0.29) is 17.0 Å². The number of aromatic nitrogens is 2. The molecule has 1 aromatic carbocycles. The number of hydrogen-bond donors (Lipinski definition) is 0. The summed E-state index contributed by atoms with van der Waals surface area (Å²) in [5.41, 5.74) is 0. The van der Waals surface area contributed by atoms with Crippen molar-refractivity contribution >= 4 is 10.0 Å². The van der Waals surface area contributed by atoms with Gasteiger partial charge in [0.1, 0.15) is 17.7 Å². The van der Waals surface area contributed by atoms with Crippen molar-refractivity contribution in [1.82, 2.24) is 19.2 Å². The molecule has 9 heteroatoms. The fourth-order valence-electron chi connectivity index (χ4n) is 4.19. The van der Waals surface area contributed by atoms with E-state index in [0.717, 1.165) is 12.8 Å². The smallest absolute Gasteiger partial charge is 0.243 e. The topological polar surface area (TPSA) is 84.9 Å². The number of benzene rings is 1. The average molecular weight is 447 g/mol. The summed E-state index contributed by atoms with van der Waals surface area (Å²) in [5.74, 6) is 1.98. The summed E-state index contributed by atoms with van der Waals surface area (Å²) in [6.45, 7) is 4.15. The second kappa shape index (κ2) is 9.50. The Kier molecular flexibility index (Phi) is 6.74. The molecule has 2 aromatic rings. The van der Waals surface area contributed by atoms with Crippen molar-refractivity contribution < 1.29 is 17.9 Å². The Labute approximate surface area is 184 Å². The van der Waals surface area contributed by atoms with E-state index in [9.17, 15) is 8.42 Å². The monoisotopic (exact) mass is 446 g/mol. The fourth-order valence-corrected chi connectivity index (χ4v) is 5.61. The van der Waals surface area contributed by atoms with Gasteiger partial charge in [0, 0.05) is 38.4 Å². The van der Waals surface area contributed by atoms with Crippen molar-refractivity contribution in [3.63, 3.8) is 0 Å². The van der Waals surface area contributed by atoms with Crippen LogP contribution in [0.5, 0.6) is 11.6 Å². The van der Waals surface area contributed by atoms with Crippen molar-refractivity contribution in [2.45, 2.75) is 49.6 Å². The number of rotatable bonds is 7. The van der Waals surface area contributed by atoms with Crippen LogP contribution in [-0.2, 0) is 10.0 Å². The van der Waals surface area contributed by atoms with Gasteiger partial charge in [-0.3, -0.25) is 4.90 Å². The van der Waals surface area contributed by atoms with Crippen LogP contribution in [-0.4, -0.2) is 67.0 Å². The fraction of sp³-hybridized carbons (Fsp3) is 0.545. The highest BCUT2D eigenvalue weighted by Crippen LogP contribution is 2.26. The van der Waals surface area contributed by atoms with E-state index in [4.69, 9.17) is 9.47 Å². The first-order valence-corrected chi connectivity index (χ1v) is 12.3. The molecule has 1 saturated carbocycles. The van der Waals surface area contributed by atoms with Gasteiger partial charge in [0.2, 0.25) is 15.9 Å². The summed E-state index contributed by atoms with van der Waals surface area (Å²) in [5, 5.41) is 0. The minimum atomic E-state index is -3.52. The van der Waals surface area contributed by atoms with Crippen molar-refractivity contribution in [3.05, 3.63) is 42.4 Å². The maximum absolute atomic E-state index is 13.0. The van der Waals surface area contributed by atoms with Gasteiger partial charge < -0.3 is 9.47 Å². The van der Waals surface area contributed by atoms with Gasteiger partial charge in [-0.1, -0.05) is 0 Å². The molecule has 2 aliphatic rings. The molecule has 4 rings (SSSR count). The zero-order valence-electron chi connectivity index (χ0n) is 18.1. The van der Waals surface area contributed by atoms with Gasteiger partial charge in [-0.05, 0) is 56.9 Å². The summed E-state index contributed by atoms with van der Waals surface area (Å²) in [4.78, 5) is 11.6.